The minimum atomic E-state index is -1.27. The fourth-order valence-electron chi connectivity index (χ4n) is 1.81. The van der Waals surface area contributed by atoms with Gasteiger partial charge >= 0.3 is 12.0 Å². The fourth-order valence-corrected chi connectivity index (χ4v) is 1.81. The zero-order valence-electron chi connectivity index (χ0n) is 13.5. The van der Waals surface area contributed by atoms with Crippen LogP contribution in [-0.2, 0) is 9.59 Å². The van der Waals surface area contributed by atoms with Crippen molar-refractivity contribution in [1.82, 2.24) is 16.0 Å². The number of nitrogens with one attached hydrogen (secondary N) is 3. The second-order valence-corrected chi connectivity index (χ2v) is 6.02. The molecular weight excluding hydrogens is 274 g/mol. The average Bonchev–Trinajstić information content (AvgIpc) is 2.33. The Bertz CT molecular complexity index is 384. The number of urea groups is 1. The van der Waals surface area contributed by atoms with Crippen molar-refractivity contribution < 1.29 is 19.5 Å². The van der Waals surface area contributed by atoms with E-state index in [1.807, 2.05) is 20.8 Å². The molecule has 0 bridgehead atoms. The van der Waals surface area contributed by atoms with E-state index in [1.54, 1.807) is 13.8 Å². The highest BCUT2D eigenvalue weighted by atomic mass is 16.4. The molecule has 0 aromatic rings. The van der Waals surface area contributed by atoms with E-state index in [0.29, 0.717) is 0 Å². The molecule has 0 radical (unpaired) electrons. The molecule has 7 nitrogen and oxygen atoms in total. The maximum absolute atomic E-state index is 11.7. The molecular formula is C14H27N3O4. The molecule has 0 rings (SSSR count). The number of carboxylic acid groups (broad SMARTS) is 1. The lowest BCUT2D eigenvalue weighted by molar-refractivity contribution is -0.144. The van der Waals surface area contributed by atoms with Crippen molar-refractivity contribution in [3.05, 3.63) is 0 Å². The molecule has 0 spiro atoms. The number of carbonyl (C=O) groups excluding carboxylic acids is 2. The molecule has 3 amide bonds. The van der Waals surface area contributed by atoms with Gasteiger partial charge < -0.3 is 21.1 Å². The number of aliphatic carboxylic acids is 1. The van der Waals surface area contributed by atoms with Crippen molar-refractivity contribution in [3.63, 3.8) is 0 Å². The smallest absolute Gasteiger partial charge is 0.329 e. The van der Waals surface area contributed by atoms with Gasteiger partial charge in [-0.05, 0) is 33.6 Å². The Balaban J connectivity index is 4.28. The molecule has 0 saturated carbocycles. The first-order chi connectivity index (χ1) is 9.56. The summed E-state index contributed by atoms with van der Waals surface area (Å²) in [5.74, 6) is -1.23. The van der Waals surface area contributed by atoms with Crippen molar-refractivity contribution in [2.24, 2.45) is 0 Å². The van der Waals surface area contributed by atoms with Gasteiger partial charge in [0.05, 0.1) is 0 Å². The van der Waals surface area contributed by atoms with Crippen LogP contribution in [0.1, 0.15) is 53.9 Å². The number of rotatable bonds is 7. The summed E-state index contributed by atoms with van der Waals surface area (Å²) in [5, 5.41) is 17.0. The van der Waals surface area contributed by atoms with Gasteiger partial charge in [-0.25, -0.2) is 9.59 Å². The number of amides is 3. The Morgan fingerprint density at radius 1 is 1.00 bits per heavy atom. The van der Waals surface area contributed by atoms with Crippen LogP contribution in [0.5, 0.6) is 0 Å². The van der Waals surface area contributed by atoms with Crippen LogP contribution in [0.2, 0.25) is 0 Å². The molecule has 0 aliphatic rings. The van der Waals surface area contributed by atoms with E-state index in [-0.39, 0.29) is 37.3 Å². The number of carboxylic acids is 1. The van der Waals surface area contributed by atoms with Crippen LogP contribution >= 0.6 is 0 Å². The van der Waals surface area contributed by atoms with Crippen LogP contribution in [-0.4, -0.2) is 40.6 Å². The van der Waals surface area contributed by atoms with Gasteiger partial charge in [0.25, 0.3) is 0 Å². The quantitative estimate of drug-likeness (QED) is 0.567. The van der Waals surface area contributed by atoms with E-state index in [2.05, 4.69) is 16.0 Å². The summed E-state index contributed by atoms with van der Waals surface area (Å²) >= 11 is 0. The third kappa shape index (κ3) is 6.97. The Hall–Kier alpha value is -1.79. The molecule has 0 heterocycles. The zero-order chi connectivity index (χ0) is 16.7. The van der Waals surface area contributed by atoms with Crippen molar-refractivity contribution in [3.8, 4) is 0 Å². The third-order valence-corrected chi connectivity index (χ3v) is 3.12. The van der Waals surface area contributed by atoms with Gasteiger partial charge in [-0.2, -0.15) is 0 Å². The summed E-state index contributed by atoms with van der Waals surface area (Å²) in [6.07, 6.45) is 0.719. The van der Waals surface area contributed by atoms with Crippen LogP contribution in [0, 0.1) is 0 Å². The Labute approximate surface area is 125 Å². The Morgan fingerprint density at radius 3 is 1.90 bits per heavy atom. The highest BCUT2D eigenvalue weighted by molar-refractivity contribution is 5.86. The lowest BCUT2D eigenvalue weighted by Crippen LogP contribution is -2.56. The average molecular weight is 301 g/mol. The van der Waals surface area contributed by atoms with Crippen LogP contribution in [0.4, 0.5) is 4.79 Å². The predicted octanol–water partition coefficient (Wildman–Crippen LogP) is 1.23. The molecule has 0 unspecified atom stereocenters. The van der Waals surface area contributed by atoms with Gasteiger partial charge in [-0.3, -0.25) is 4.79 Å². The maximum atomic E-state index is 11.7. The van der Waals surface area contributed by atoms with E-state index in [0.717, 1.165) is 0 Å². The first-order valence-corrected chi connectivity index (χ1v) is 7.16. The summed E-state index contributed by atoms with van der Waals surface area (Å²) in [6, 6.07) is -0.579. The van der Waals surface area contributed by atoms with Gasteiger partial charge in [0, 0.05) is 18.5 Å². The van der Waals surface area contributed by atoms with Gasteiger partial charge in [0.15, 0.2) is 0 Å². The molecule has 0 fully saturated rings. The Morgan fingerprint density at radius 2 is 1.52 bits per heavy atom. The molecule has 0 aromatic heterocycles. The second kappa shape index (κ2) is 7.85. The molecule has 0 aliphatic carbocycles. The molecule has 7 heteroatoms. The van der Waals surface area contributed by atoms with Crippen LogP contribution in [0.15, 0.2) is 0 Å². The van der Waals surface area contributed by atoms with Crippen molar-refractivity contribution in [2.45, 2.75) is 65.0 Å². The van der Waals surface area contributed by atoms with E-state index in [9.17, 15) is 19.5 Å². The summed E-state index contributed by atoms with van der Waals surface area (Å²) in [5.41, 5.74) is -1.58. The monoisotopic (exact) mass is 301 g/mol. The molecule has 122 valence electrons. The van der Waals surface area contributed by atoms with Gasteiger partial charge in [-0.1, -0.05) is 13.8 Å². The van der Waals surface area contributed by atoms with Crippen molar-refractivity contribution >= 4 is 17.9 Å². The normalized spacial score (nSPS) is 11.7. The zero-order valence-corrected chi connectivity index (χ0v) is 13.5. The molecule has 0 aromatic carbocycles. The Kier molecular flexibility index (Phi) is 7.18. The molecule has 0 atom stereocenters. The van der Waals surface area contributed by atoms with Gasteiger partial charge in [0.2, 0.25) is 5.91 Å². The lowest BCUT2D eigenvalue weighted by Gasteiger charge is -2.28. The molecule has 21 heavy (non-hydrogen) atoms. The van der Waals surface area contributed by atoms with Crippen LogP contribution in [0.25, 0.3) is 0 Å². The summed E-state index contributed by atoms with van der Waals surface area (Å²) in [4.78, 5) is 34.6. The third-order valence-electron chi connectivity index (χ3n) is 3.12. The minimum Gasteiger partial charge on any atom is -0.480 e. The van der Waals surface area contributed by atoms with Crippen LogP contribution in [0.3, 0.4) is 0 Å². The van der Waals surface area contributed by atoms with Crippen LogP contribution < -0.4 is 16.0 Å². The van der Waals surface area contributed by atoms with Crippen molar-refractivity contribution in [2.75, 3.05) is 6.54 Å². The minimum absolute atomic E-state index is 0.142. The molecule has 0 saturated heterocycles. The van der Waals surface area contributed by atoms with Gasteiger partial charge in [-0.15, -0.1) is 0 Å². The number of hydrogen-bond donors (Lipinski definition) is 4. The number of hydrogen-bond acceptors (Lipinski definition) is 3. The highest BCUT2D eigenvalue weighted by Crippen LogP contribution is 2.15. The van der Waals surface area contributed by atoms with E-state index >= 15 is 0 Å². The lowest BCUT2D eigenvalue weighted by atomic mass is 9.93. The van der Waals surface area contributed by atoms with E-state index < -0.39 is 17.5 Å². The van der Waals surface area contributed by atoms with E-state index in [4.69, 9.17) is 0 Å². The first-order valence-electron chi connectivity index (χ1n) is 7.16. The topological polar surface area (TPSA) is 108 Å². The van der Waals surface area contributed by atoms with E-state index in [1.165, 1.54) is 0 Å². The summed E-state index contributed by atoms with van der Waals surface area (Å²) in [6.45, 7) is 9.17. The highest BCUT2D eigenvalue weighted by Gasteiger charge is 2.36. The number of carbonyl (C=O) groups is 3. The molecule has 4 N–H and O–H groups in total. The van der Waals surface area contributed by atoms with Gasteiger partial charge in [0.1, 0.15) is 5.54 Å². The maximum Gasteiger partial charge on any atom is 0.329 e. The molecule has 0 aliphatic heterocycles. The van der Waals surface area contributed by atoms with Crippen molar-refractivity contribution in [1.29, 1.82) is 0 Å². The summed E-state index contributed by atoms with van der Waals surface area (Å²) in [7, 11) is 0. The fraction of sp³-hybridized carbons (Fsp3) is 0.786. The standard InChI is InChI=1S/C14H27N3O4/c1-6-14(7-2,11(19)20)17-12(21)15-9-8-10(18)16-13(3,4)5/h6-9H2,1-5H3,(H,16,18)(H,19,20)(H2,15,17,21). The predicted molar refractivity (Wildman–Crippen MR) is 80.0 cm³/mol. The largest absolute Gasteiger partial charge is 0.480 e. The summed E-state index contributed by atoms with van der Waals surface area (Å²) < 4.78 is 0. The SMILES string of the molecule is CCC(CC)(NC(=O)NCCC(=O)NC(C)(C)C)C(=O)O. The second-order valence-electron chi connectivity index (χ2n) is 6.02. The first kappa shape index (κ1) is 19.2.